The minimum absolute atomic E-state index is 0.0815. The van der Waals surface area contributed by atoms with E-state index < -0.39 is 5.97 Å². The monoisotopic (exact) mass is 210 g/mol. The number of nitrogens with zero attached hydrogens (tertiary/aromatic N) is 2. The Morgan fingerprint density at radius 3 is 2.80 bits per heavy atom. The molecule has 1 aromatic rings. The first kappa shape index (κ1) is 10.2. The first-order valence-electron chi connectivity index (χ1n) is 5.17. The Morgan fingerprint density at radius 1 is 1.47 bits per heavy atom. The maximum absolute atomic E-state index is 10.6. The second-order valence-corrected chi connectivity index (χ2v) is 3.82. The zero-order chi connectivity index (χ0) is 10.7. The van der Waals surface area contributed by atoms with Crippen LogP contribution >= 0.6 is 0 Å². The molecule has 0 aliphatic carbocycles. The molecule has 2 rings (SSSR count). The van der Waals surface area contributed by atoms with Crippen LogP contribution in [0, 0.1) is 0 Å². The SMILES string of the molecule is O=C(O)c1cc(CN2CCCCC2)no1. The summed E-state index contributed by atoms with van der Waals surface area (Å²) in [4.78, 5) is 12.8. The van der Waals surface area contributed by atoms with E-state index in [1.807, 2.05) is 0 Å². The van der Waals surface area contributed by atoms with Crippen LogP contribution < -0.4 is 0 Å². The van der Waals surface area contributed by atoms with E-state index in [2.05, 4.69) is 10.1 Å². The fourth-order valence-corrected chi connectivity index (χ4v) is 1.83. The highest BCUT2D eigenvalue weighted by Gasteiger charge is 2.15. The molecule has 1 aliphatic heterocycles. The highest BCUT2D eigenvalue weighted by Crippen LogP contribution is 2.13. The molecule has 0 bridgehead atoms. The molecule has 0 unspecified atom stereocenters. The molecule has 1 fully saturated rings. The van der Waals surface area contributed by atoms with Crippen LogP contribution in [0.25, 0.3) is 0 Å². The van der Waals surface area contributed by atoms with E-state index in [0.717, 1.165) is 13.1 Å². The van der Waals surface area contributed by atoms with Gasteiger partial charge < -0.3 is 9.63 Å². The fraction of sp³-hybridized carbons (Fsp3) is 0.600. The number of aromatic nitrogens is 1. The van der Waals surface area contributed by atoms with Crippen LogP contribution in [0.4, 0.5) is 0 Å². The summed E-state index contributed by atoms with van der Waals surface area (Å²) >= 11 is 0. The van der Waals surface area contributed by atoms with Gasteiger partial charge in [0.1, 0.15) is 0 Å². The van der Waals surface area contributed by atoms with Crippen LogP contribution in [0.1, 0.15) is 35.5 Å². The Morgan fingerprint density at radius 2 is 2.20 bits per heavy atom. The molecule has 1 aliphatic rings. The molecule has 0 atom stereocenters. The number of rotatable bonds is 3. The van der Waals surface area contributed by atoms with Gasteiger partial charge in [0.05, 0.1) is 5.69 Å². The fourth-order valence-electron chi connectivity index (χ4n) is 1.83. The third-order valence-corrected chi connectivity index (χ3v) is 2.60. The van der Waals surface area contributed by atoms with E-state index in [-0.39, 0.29) is 5.76 Å². The maximum atomic E-state index is 10.6. The van der Waals surface area contributed by atoms with Crippen molar-refractivity contribution in [3.63, 3.8) is 0 Å². The van der Waals surface area contributed by atoms with Gasteiger partial charge in [-0.15, -0.1) is 0 Å². The van der Waals surface area contributed by atoms with Crippen molar-refractivity contribution in [2.75, 3.05) is 13.1 Å². The van der Waals surface area contributed by atoms with Gasteiger partial charge in [-0.05, 0) is 25.9 Å². The number of hydrogen-bond acceptors (Lipinski definition) is 4. The number of aromatic carboxylic acids is 1. The summed E-state index contributed by atoms with van der Waals surface area (Å²) in [6.45, 7) is 2.82. The number of carboxylic acids is 1. The summed E-state index contributed by atoms with van der Waals surface area (Å²) in [6.07, 6.45) is 3.71. The average Bonchev–Trinajstić information content (AvgIpc) is 2.68. The molecular formula is C10H14N2O3. The van der Waals surface area contributed by atoms with Gasteiger partial charge in [0.15, 0.2) is 0 Å². The van der Waals surface area contributed by atoms with E-state index >= 15 is 0 Å². The standard InChI is InChI=1S/C10H14N2O3/c13-10(14)9-6-8(11-15-9)7-12-4-2-1-3-5-12/h6H,1-5,7H2,(H,13,14). The Bertz CT molecular complexity index is 342. The highest BCUT2D eigenvalue weighted by atomic mass is 16.5. The van der Waals surface area contributed by atoms with Gasteiger partial charge in [-0.3, -0.25) is 4.90 Å². The molecule has 0 aromatic carbocycles. The van der Waals surface area contributed by atoms with E-state index in [9.17, 15) is 4.79 Å². The van der Waals surface area contributed by atoms with Crippen LogP contribution in [0.5, 0.6) is 0 Å². The van der Waals surface area contributed by atoms with Crippen molar-refractivity contribution in [2.45, 2.75) is 25.8 Å². The molecule has 1 N–H and O–H groups in total. The van der Waals surface area contributed by atoms with Gasteiger partial charge in [0.25, 0.3) is 0 Å². The molecule has 0 saturated carbocycles. The lowest BCUT2D eigenvalue weighted by molar-refractivity contribution is 0.0652. The van der Waals surface area contributed by atoms with Crippen molar-refractivity contribution >= 4 is 5.97 Å². The Balaban J connectivity index is 1.94. The first-order chi connectivity index (χ1) is 7.25. The van der Waals surface area contributed by atoms with Crippen LogP contribution in [-0.4, -0.2) is 34.2 Å². The van der Waals surface area contributed by atoms with Gasteiger partial charge in [-0.2, -0.15) is 0 Å². The molecule has 0 spiro atoms. The van der Waals surface area contributed by atoms with Crippen molar-refractivity contribution in [2.24, 2.45) is 0 Å². The van der Waals surface area contributed by atoms with Crippen molar-refractivity contribution in [3.8, 4) is 0 Å². The zero-order valence-electron chi connectivity index (χ0n) is 8.48. The quantitative estimate of drug-likeness (QED) is 0.815. The number of carboxylic acid groups (broad SMARTS) is 1. The summed E-state index contributed by atoms with van der Waals surface area (Å²) in [5.41, 5.74) is 0.703. The molecular weight excluding hydrogens is 196 g/mol. The minimum Gasteiger partial charge on any atom is -0.475 e. The number of piperidine rings is 1. The second-order valence-electron chi connectivity index (χ2n) is 3.82. The molecule has 5 heteroatoms. The Hall–Kier alpha value is -1.36. The van der Waals surface area contributed by atoms with Crippen molar-refractivity contribution < 1.29 is 14.4 Å². The molecule has 1 aromatic heterocycles. The number of likely N-dealkylation sites (tertiary alicyclic amines) is 1. The largest absolute Gasteiger partial charge is 0.475 e. The van der Waals surface area contributed by atoms with Gasteiger partial charge >= 0.3 is 5.97 Å². The van der Waals surface area contributed by atoms with E-state index in [4.69, 9.17) is 9.63 Å². The van der Waals surface area contributed by atoms with Gasteiger partial charge in [-0.25, -0.2) is 4.79 Å². The number of carbonyl (C=O) groups is 1. The topological polar surface area (TPSA) is 66.6 Å². The first-order valence-corrected chi connectivity index (χ1v) is 5.17. The van der Waals surface area contributed by atoms with Crippen LogP contribution in [-0.2, 0) is 6.54 Å². The van der Waals surface area contributed by atoms with Gasteiger partial charge in [0, 0.05) is 12.6 Å². The normalized spacial score (nSPS) is 17.9. The lowest BCUT2D eigenvalue weighted by Gasteiger charge is -2.25. The smallest absolute Gasteiger partial charge is 0.374 e. The summed E-state index contributed by atoms with van der Waals surface area (Å²) in [5, 5.41) is 12.4. The predicted molar refractivity (Wildman–Crippen MR) is 52.6 cm³/mol. The van der Waals surface area contributed by atoms with Crippen LogP contribution in [0.3, 0.4) is 0 Å². The second kappa shape index (κ2) is 4.44. The van der Waals surface area contributed by atoms with Gasteiger partial charge in [-0.1, -0.05) is 11.6 Å². The average molecular weight is 210 g/mol. The predicted octanol–water partition coefficient (Wildman–Crippen LogP) is 1.36. The molecule has 5 nitrogen and oxygen atoms in total. The third kappa shape index (κ3) is 2.56. The lowest BCUT2D eigenvalue weighted by Crippen LogP contribution is -2.29. The molecule has 82 valence electrons. The Kier molecular flexibility index (Phi) is 3.01. The summed E-state index contributed by atoms with van der Waals surface area (Å²) in [6, 6.07) is 1.50. The van der Waals surface area contributed by atoms with Gasteiger partial charge in [0.2, 0.25) is 5.76 Å². The molecule has 0 amide bonds. The third-order valence-electron chi connectivity index (χ3n) is 2.60. The van der Waals surface area contributed by atoms with E-state index in [1.165, 1.54) is 25.3 Å². The molecule has 1 saturated heterocycles. The van der Waals surface area contributed by atoms with E-state index in [1.54, 1.807) is 0 Å². The molecule has 2 heterocycles. The Labute approximate surface area is 87.7 Å². The van der Waals surface area contributed by atoms with Crippen LogP contribution in [0.2, 0.25) is 0 Å². The minimum atomic E-state index is -1.06. The summed E-state index contributed by atoms with van der Waals surface area (Å²) < 4.78 is 4.69. The highest BCUT2D eigenvalue weighted by molar-refractivity contribution is 5.84. The summed E-state index contributed by atoms with van der Waals surface area (Å²) in [7, 11) is 0. The van der Waals surface area contributed by atoms with Crippen LogP contribution in [0.15, 0.2) is 10.6 Å². The lowest BCUT2D eigenvalue weighted by atomic mass is 10.1. The maximum Gasteiger partial charge on any atom is 0.374 e. The molecule has 15 heavy (non-hydrogen) atoms. The summed E-state index contributed by atoms with van der Waals surface area (Å²) in [5.74, 6) is -1.14. The zero-order valence-corrected chi connectivity index (χ0v) is 8.48. The van der Waals surface area contributed by atoms with Crippen molar-refractivity contribution in [3.05, 3.63) is 17.5 Å². The van der Waals surface area contributed by atoms with E-state index in [0.29, 0.717) is 12.2 Å². The number of hydrogen-bond donors (Lipinski definition) is 1. The molecule has 0 radical (unpaired) electrons. The van der Waals surface area contributed by atoms with Crippen molar-refractivity contribution in [1.82, 2.24) is 10.1 Å². The van der Waals surface area contributed by atoms with Crippen molar-refractivity contribution in [1.29, 1.82) is 0 Å².